The Balaban J connectivity index is 1.30. The topological polar surface area (TPSA) is 22.9 Å². The number of benzene rings is 8. The Hall–Kier alpha value is -7.76. The van der Waals surface area contributed by atoms with E-state index in [0.717, 1.165) is 78.6 Å². The van der Waals surface area contributed by atoms with Crippen LogP contribution in [-0.2, 0) is 5.41 Å². The zero-order valence-corrected chi connectivity index (χ0v) is 37.6. The van der Waals surface area contributed by atoms with Gasteiger partial charge in [-0.05, 0) is 114 Å². The van der Waals surface area contributed by atoms with Crippen LogP contribution in [0.5, 0.6) is 0 Å². The molecule has 9 aromatic rings. The van der Waals surface area contributed by atoms with Crippen LogP contribution in [0.1, 0.15) is 43.0 Å². The van der Waals surface area contributed by atoms with Gasteiger partial charge in [0, 0.05) is 50.5 Å². The number of para-hydroxylation sites is 4. The van der Waals surface area contributed by atoms with Crippen molar-refractivity contribution in [2.24, 2.45) is 0 Å². The molecular weight excluding hydrogens is 789 g/mol. The highest BCUT2D eigenvalue weighted by Gasteiger charge is 2.45. The average molecular weight is 840 g/mol. The van der Waals surface area contributed by atoms with E-state index in [1.54, 1.807) is 0 Å². The monoisotopic (exact) mass is 839 g/mol. The highest BCUT2D eigenvalue weighted by atomic mass is 16.3. The lowest BCUT2D eigenvalue weighted by molar-refractivity contribution is 0.591. The second-order valence-electron chi connectivity index (χ2n) is 18.4. The lowest BCUT2D eigenvalue weighted by atomic mass is 9.33. The van der Waals surface area contributed by atoms with Crippen LogP contribution in [-0.4, -0.2) is 6.71 Å². The van der Waals surface area contributed by atoms with Crippen LogP contribution in [0.3, 0.4) is 0 Å². The molecule has 5 heteroatoms. The molecule has 11 rings (SSSR count). The van der Waals surface area contributed by atoms with Gasteiger partial charge in [0.15, 0.2) is 5.58 Å². The molecule has 0 N–H and O–H groups in total. The molecule has 0 unspecified atom stereocenters. The Kier molecular flexibility index (Phi) is 9.55. The van der Waals surface area contributed by atoms with E-state index in [4.69, 9.17) is 4.42 Å². The third-order valence-electron chi connectivity index (χ3n) is 13.2. The highest BCUT2D eigenvalue weighted by molar-refractivity contribution is 7.00. The zero-order chi connectivity index (χ0) is 44.6. The van der Waals surface area contributed by atoms with Crippen LogP contribution < -0.4 is 31.1 Å². The van der Waals surface area contributed by atoms with Crippen molar-refractivity contribution in [3.63, 3.8) is 0 Å². The SMILES string of the molecule is C=C/C=C(\C=C)c1ccccc1N1c2ccc(C(C)(C)C)cc2B2c3cc(C)ccc3N(c3ccc(C)cc3)c3cc(N(c4ccccc4)c4cccc5c4oc4ccccc45)cc1c32. The molecule has 2 aliphatic heterocycles. The van der Waals surface area contributed by atoms with Gasteiger partial charge in [-0.15, -0.1) is 0 Å². The van der Waals surface area contributed by atoms with Crippen molar-refractivity contribution >= 4 is 102 Å². The van der Waals surface area contributed by atoms with Gasteiger partial charge in [-0.2, -0.15) is 0 Å². The Bertz CT molecular complexity index is 3390. The highest BCUT2D eigenvalue weighted by Crippen LogP contribution is 2.50. The smallest absolute Gasteiger partial charge is 0.252 e. The van der Waals surface area contributed by atoms with Crippen LogP contribution in [0.15, 0.2) is 206 Å². The molecule has 0 saturated carbocycles. The fourth-order valence-electron chi connectivity index (χ4n) is 10.2. The van der Waals surface area contributed by atoms with E-state index in [2.05, 4.69) is 232 Å². The van der Waals surface area contributed by atoms with E-state index >= 15 is 0 Å². The van der Waals surface area contributed by atoms with Crippen molar-refractivity contribution in [3.8, 4) is 0 Å². The number of fused-ring (bicyclic) bond motifs is 7. The predicted molar refractivity (Wildman–Crippen MR) is 279 cm³/mol. The molecule has 65 heavy (non-hydrogen) atoms. The Morgan fingerprint density at radius 1 is 0.585 bits per heavy atom. The molecule has 0 spiro atoms. The zero-order valence-electron chi connectivity index (χ0n) is 37.6. The fourth-order valence-corrected chi connectivity index (χ4v) is 10.2. The molecular formula is C60H50BN3O. The van der Waals surface area contributed by atoms with Gasteiger partial charge in [0.25, 0.3) is 6.71 Å². The van der Waals surface area contributed by atoms with Crippen molar-refractivity contribution in [2.45, 2.75) is 40.0 Å². The molecule has 0 atom stereocenters. The Morgan fingerprint density at radius 2 is 1.25 bits per heavy atom. The largest absolute Gasteiger partial charge is 0.454 e. The molecule has 3 heterocycles. The van der Waals surface area contributed by atoms with Crippen LogP contribution in [0, 0.1) is 13.8 Å². The number of hydrogen-bond acceptors (Lipinski definition) is 4. The third-order valence-corrected chi connectivity index (χ3v) is 13.2. The summed E-state index contributed by atoms with van der Waals surface area (Å²) in [5, 5.41) is 2.17. The number of allylic oxidation sites excluding steroid dienone is 4. The van der Waals surface area contributed by atoms with Gasteiger partial charge in [-0.3, -0.25) is 0 Å². The summed E-state index contributed by atoms with van der Waals surface area (Å²) in [5.41, 5.74) is 21.0. The first-order chi connectivity index (χ1) is 31.6. The van der Waals surface area contributed by atoms with E-state index in [9.17, 15) is 0 Å². The maximum atomic E-state index is 6.83. The van der Waals surface area contributed by atoms with E-state index < -0.39 is 0 Å². The quantitative estimate of drug-likeness (QED) is 0.112. The number of aryl methyl sites for hydroxylation is 2. The first kappa shape index (κ1) is 40.0. The van der Waals surface area contributed by atoms with Crippen molar-refractivity contribution in [2.75, 3.05) is 14.7 Å². The van der Waals surface area contributed by atoms with Gasteiger partial charge in [0.2, 0.25) is 0 Å². The molecule has 0 saturated heterocycles. The molecule has 0 radical (unpaired) electrons. The average Bonchev–Trinajstić information content (AvgIpc) is 3.71. The summed E-state index contributed by atoms with van der Waals surface area (Å²) < 4.78 is 6.83. The lowest BCUT2D eigenvalue weighted by Crippen LogP contribution is -2.61. The first-order valence-corrected chi connectivity index (χ1v) is 22.5. The number of rotatable bonds is 8. The number of hydrogen-bond donors (Lipinski definition) is 0. The second-order valence-corrected chi connectivity index (χ2v) is 18.4. The van der Waals surface area contributed by atoms with Crippen molar-refractivity contribution in [3.05, 3.63) is 223 Å². The Morgan fingerprint density at radius 3 is 2.02 bits per heavy atom. The molecule has 0 bridgehead atoms. The first-order valence-electron chi connectivity index (χ1n) is 22.5. The van der Waals surface area contributed by atoms with Gasteiger partial charge < -0.3 is 19.1 Å². The molecule has 2 aliphatic rings. The van der Waals surface area contributed by atoms with Gasteiger partial charge in [0.05, 0.1) is 17.1 Å². The van der Waals surface area contributed by atoms with E-state index in [1.807, 2.05) is 18.2 Å². The fraction of sp³-hybridized carbons (Fsp3) is 0.100. The number of furan rings is 1. The molecule has 8 aromatic carbocycles. The van der Waals surface area contributed by atoms with Crippen LogP contribution in [0.4, 0.5) is 51.2 Å². The lowest BCUT2D eigenvalue weighted by Gasteiger charge is -2.45. The van der Waals surface area contributed by atoms with E-state index in [-0.39, 0.29) is 12.1 Å². The van der Waals surface area contributed by atoms with Gasteiger partial charge in [-0.1, -0.05) is 166 Å². The minimum atomic E-state index is -0.0701. The van der Waals surface area contributed by atoms with Gasteiger partial charge in [0.1, 0.15) is 5.58 Å². The van der Waals surface area contributed by atoms with E-state index in [1.165, 1.54) is 38.8 Å². The summed E-state index contributed by atoms with van der Waals surface area (Å²) in [6.45, 7) is 19.6. The summed E-state index contributed by atoms with van der Waals surface area (Å²) in [7, 11) is 0. The predicted octanol–water partition coefficient (Wildman–Crippen LogP) is 14.8. The summed E-state index contributed by atoms with van der Waals surface area (Å²) in [6.07, 6.45) is 5.84. The molecule has 0 aliphatic carbocycles. The Labute approximate surface area is 382 Å². The second kappa shape index (κ2) is 15.5. The van der Waals surface area contributed by atoms with Crippen LogP contribution in [0.25, 0.3) is 27.5 Å². The summed E-state index contributed by atoms with van der Waals surface area (Å²) in [5.74, 6) is 0. The third kappa shape index (κ3) is 6.53. The molecule has 314 valence electrons. The normalized spacial score (nSPS) is 13.1. The summed E-state index contributed by atoms with van der Waals surface area (Å²) in [4.78, 5) is 7.38. The maximum Gasteiger partial charge on any atom is 0.252 e. The van der Waals surface area contributed by atoms with Crippen molar-refractivity contribution in [1.29, 1.82) is 0 Å². The minimum absolute atomic E-state index is 0.0575. The summed E-state index contributed by atoms with van der Waals surface area (Å²) in [6, 6.07) is 62.2. The van der Waals surface area contributed by atoms with Gasteiger partial charge in [-0.25, -0.2) is 0 Å². The number of nitrogens with zero attached hydrogens (tertiary/aromatic N) is 3. The van der Waals surface area contributed by atoms with Crippen molar-refractivity contribution < 1.29 is 4.42 Å². The maximum absolute atomic E-state index is 6.83. The molecule has 1 aromatic heterocycles. The standard InChI is InChI=1S/C60H50BN3O/c1-8-18-41(9-2)46-21-13-15-24-51(46)64-53-34-30-42(60(5,6)7)36-50(53)61-49-35-40(4)29-33-52(49)63(44-31-27-39(3)28-32-44)55-37-45(38-56(64)58(55)61)62(43-19-11-10-12-20-43)54-25-17-23-48-47-22-14-16-26-57(47)65-59(48)54/h8-38H,1-2H2,3-7H3/b41-18+. The summed E-state index contributed by atoms with van der Waals surface area (Å²) >= 11 is 0. The van der Waals surface area contributed by atoms with Crippen LogP contribution >= 0.6 is 0 Å². The number of anilines is 9. The van der Waals surface area contributed by atoms with E-state index in [0.29, 0.717) is 0 Å². The minimum Gasteiger partial charge on any atom is -0.454 e. The van der Waals surface area contributed by atoms with Gasteiger partial charge >= 0.3 is 0 Å². The molecule has 0 fully saturated rings. The van der Waals surface area contributed by atoms with Crippen LogP contribution in [0.2, 0.25) is 0 Å². The molecule has 0 amide bonds. The van der Waals surface area contributed by atoms with Crippen molar-refractivity contribution in [1.82, 2.24) is 0 Å². The molecule has 4 nitrogen and oxygen atoms in total.